The van der Waals surface area contributed by atoms with Gasteiger partial charge in [-0.15, -0.1) is 0 Å². The molecule has 2 aromatic rings. The summed E-state index contributed by atoms with van der Waals surface area (Å²) < 4.78 is 28.5. The van der Waals surface area contributed by atoms with Crippen molar-refractivity contribution in [1.29, 1.82) is 0 Å². The summed E-state index contributed by atoms with van der Waals surface area (Å²) in [5.74, 6) is 1.94. The Morgan fingerprint density at radius 3 is 2.58 bits per heavy atom. The normalized spacial score (nSPS) is 28.9. The average Bonchev–Trinajstić information content (AvgIpc) is 3.34. The van der Waals surface area contributed by atoms with Gasteiger partial charge in [-0.2, -0.15) is 0 Å². The van der Waals surface area contributed by atoms with Gasteiger partial charge in [0.25, 0.3) is 0 Å². The average molecular weight is 358 g/mol. The lowest BCUT2D eigenvalue weighted by Gasteiger charge is -2.18. The van der Waals surface area contributed by atoms with Crippen LogP contribution in [0.1, 0.15) is 11.7 Å². The van der Waals surface area contributed by atoms with E-state index < -0.39 is 6.29 Å². The Balaban J connectivity index is 1.31. The van der Waals surface area contributed by atoms with Crippen LogP contribution in [0.2, 0.25) is 0 Å². The molecule has 0 amide bonds. The monoisotopic (exact) mass is 358 g/mol. The van der Waals surface area contributed by atoms with E-state index in [1.165, 1.54) is 12.1 Å². The molecule has 2 fully saturated rings. The van der Waals surface area contributed by atoms with E-state index >= 15 is 0 Å². The van der Waals surface area contributed by atoms with Crippen molar-refractivity contribution in [3.63, 3.8) is 0 Å². The molecule has 26 heavy (non-hydrogen) atoms. The van der Waals surface area contributed by atoms with Crippen LogP contribution in [0.15, 0.2) is 36.4 Å². The number of rotatable bonds is 3. The summed E-state index contributed by atoms with van der Waals surface area (Å²) in [5.41, 5.74) is 0.820. The maximum absolute atomic E-state index is 9.74. The van der Waals surface area contributed by atoms with Gasteiger partial charge in [-0.1, -0.05) is 6.07 Å². The fourth-order valence-corrected chi connectivity index (χ4v) is 3.77. The lowest BCUT2D eigenvalue weighted by molar-refractivity contribution is -0.0788. The molecule has 0 aromatic heterocycles. The number of phenolic OH excluding ortho intramolecular Hbond substituents is 2. The lowest BCUT2D eigenvalue weighted by atomic mass is 9.89. The highest BCUT2D eigenvalue weighted by Crippen LogP contribution is 2.46. The molecule has 0 aliphatic carbocycles. The van der Waals surface area contributed by atoms with Crippen molar-refractivity contribution in [1.82, 2.24) is 0 Å². The van der Waals surface area contributed by atoms with Crippen molar-refractivity contribution in [2.24, 2.45) is 11.8 Å². The first-order valence-corrected chi connectivity index (χ1v) is 8.50. The van der Waals surface area contributed by atoms with Crippen LogP contribution in [0.5, 0.6) is 28.7 Å². The van der Waals surface area contributed by atoms with E-state index in [1.807, 2.05) is 12.1 Å². The van der Waals surface area contributed by atoms with E-state index in [0.29, 0.717) is 30.5 Å². The zero-order valence-corrected chi connectivity index (χ0v) is 13.8. The second-order valence-electron chi connectivity index (χ2n) is 6.66. The number of hydrogen-bond acceptors (Lipinski definition) is 7. The molecule has 2 aromatic carbocycles. The smallest absolute Gasteiger partial charge is 0.231 e. The Morgan fingerprint density at radius 1 is 0.846 bits per heavy atom. The molecule has 2 saturated heterocycles. The van der Waals surface area contributed by atoms with E-state index in [4.69, 9.17) is 23.7 Å². The van der Waals surface area contributed by atoms with Gasteiger partial charge in [-0.05, 0) is 29.8 Å². The Kier molecular flexibility index (Phi) is 3.58. The quantitative estimate of drug-likeness (QED) is 0.816. The first-order valence-electron chi connectivity index (χ1n) is 8.50. The zero-order valence-electron chi connectivity index (χ0n) is 13.8. The van der Waals surface area contributed by atoms with Crippen LogP contribution in [0.3, 0.4) is 0 Å². The van der Waals surface area contributed by atoms with Gasteiger partial charge in [-0.25, -0.2) is 0 Å². The van der Waals surface area contributed by atoms with Gasteiger partial charge in [-0.3, -0.25) is 0 Å². The van der Waals surface area contributed by atoms with Crippen molar-refractivity contribution in [3.05, 3.63) is 42.0 Å². The highest BCUT2D eigenvalue weighted by Gasteiger charge is 2.49. The van der Waals surface area contributed by atoms with Gasteiger partial charge >= 0.3 is 0 Å². The molecule has 0 radical (unpaired) electrons. The molecule has 0 spiro atoms. The molecule has 7 nitrogen and oxygen atoms in total. The molecule has 3 aliphatic rings. The lowest BCUT2D eigenvalue weighted by Crippen LogP contribution is -2.26. The third kappa shape index (κ3) is 2.51. The van der Waals surface area contributed by atoms with Crippen LogP contribution < -0.4 is 14.2 Å². The summed E-state index contributed by atoms with van der Waals surface area (Å²) >= 11 is 0. The number of fused-ring (bicyclic) bond motifs is 2. The largest absolute Gasteiger partial charge is 0.504 e. The van der Waals surface area contributed by atoms with Crippen LogP contribution in [0, 0.1) is 11.8 Å². The van der Waals surface area contributed by atoms with Crippen LogP contribution >= 0.6 is 0 Å². The molecule has 4 atom stereocenters. The fraction of sp³-hybridized carbons (Fsp3) is 0.368. The minimum Gasteiger partial charge on any atom is -0.504 e. The highest BCUT2D eigenvalue weighted by atomic mass is 16.7. The van der Waals surface area contributed by atoms with Gasteiger partial charge in [0.15, 0.2) is 23.0 Å². The van der Waals surface area contributed by atoms with E-state index in [0.717, 1.165) is 5.56 Å². The van der Waals surface area contributed by atoms with Crippen LogP contribution in [-0.4, -0.2) is 36.5 Å². The van der Waals surface area contributed by atoms with Gasteiger partial charge in [0.2, 0.25) is 13.1 Å². The third-order valence-electron chi connectivity index (χ3n) is 5.13. The van der Waals surface area contributed by atoms with Crippen molar-refractivity contribution >= 4 is 0 Å². The standard InChI is InChI=1S/C19H18O7/c20-14-3-1-10(5-15(14)21)18-12-7-23-19(13(12)8-22-18)26-11-2-4-16-17(6-11)25-9-24-16/h1-6,12-13,18-21H,7-9H2/t12-,13-,18?,19?/m1/s1. The fourth-order valence-electron chi connectivity index (χ4n) is 3.77. The highest BCUT2D eigenvalue weighted by molar-refractivity contribution is 5.47. The van der Waals surface area contributed by atoms with Gasteiger partial charge in [0.05, 0.1) is 25.2 Å². The summed E-state index contributed by atoms with van der Waals surface area (Å²) in [6.07, 6.45) is -0.604. The molecule has 7 heteroatoms. The predicted octanol–water partition coefficient (Wildman–Crippen LogP) is 2.57. The minimum absolute atomic E-state index is 0.0846. The molecule has 0 saturated carbocycles. The number of hydrogen-bond donors (Lipinski definition) is 2. The van der Waals surface area contributed by atoms with Crippen molar-refractivity contribution in [2.75, 3.05) is 20.0 Å². The Hall–Kier alpha value is -2.64. The summed E-state index contributed by atoms with van der Waals surface area (Å²) in [7, 11) is 0. The van der Waals surface area contributed by atoms with Gasteiger partial charge in [0.1, 0.15) is 5.75 Å². The maximum Gasteiger partial charge on any atom is 0.231 e. The van der Waals surface area contributed by atoms with Crippen molar-refractivity contribution in [3.8, 4) is 28.7 Å². The third-order valence-corrected chi connectivity index (χ3v) is 5.13. The van der Waals surface area contributed by atoms with Crippen molar-refractivity contribution < 1.29 is 33.9 Å². The SMILES string of the molecule is Oc1ccc(C2OC[C@H]3C(Oc4ccc5c(c4)OCO5)OC[C@@H]23)cc1O. The van der Waals surface area contributed by atoms with Crippen molar-refractivity contribution in [2.45, 2.75) is 12.4 Å². The van der Waals surface area contributed by atoms with E-state index in [-0.39, 0.29) is 36.2 Å². The Bertz CT molecular complexity index is 837. The Morgan fingerprint density at radius 2 is 1.69 bits per heavy atom. The van der Waals surface area contributed by atoms with Crippen LogP contribution in [-0.2, 0) is 9.47 Å². The maximum atomic E-state index is 9.74. The molecular weight excluding hydrogens is 340 g/mol. The predicted molar refractivity (Wildman–Crippen MR) is 88.4 cm³/mol. The van der Waals surface area contributed by atoms with Gasteiger partial charge in [0, 0.05) is 12.0 Å². The van der Waals surface area contributed by atoms with Gasteiger partial charge < -0.3 is 33.9 Å². The summed E-state index contributed by atoms with van der Waals surface area (Å²) in [6.45, 7) is 1.23. The zero-order chi connectivity index (χ0) is 17.7. The summed E-state index contributed by atoms with van der Waals surface area (Å²) in [4.78, 5) is 0. The van der Waals surface area contributed by atoms with E-state index in [2.05, 4.69) is 0 Å². The molecule has 5 rings (SSSR count). The van der Waals surface area contributed by atoms with E-state index in [1.54, 1.807) is 12.1 Å². The van der Waals surface area contributed by atoms with E-state index in [9.17, 15) is 10.2 Å². The Labute approximate surface area is 149 Å². The number of ether oxygens (including phenoxy) is 5. The number of phenols is 2. The molecule has 0 bridgehead atoms. The topological polar surface area (TPSA) is 86.6 Å². The van der Waals surface area contributed by atoms with Crippen LogP contribution in [0.25, 0.3) is 0 Å². The molecule has 3 aliphatic heterocycles. The molecular formula is C19H18O7. The first kappa shape index (κ1) is 15.6. The number of aromatic hydroxyl groups is 2. The summed E-state index contributed by atoms with van der Waals surface area (Å²) in [5, 5.41) is 19.2. The number of benzene rings is 2. The first-order chi connectivity index (χ1) is 12.7. The molecule has 2 N–H and O–H groups in total. The van der Waals surface area contributed by atoms with Crippen LogP contribution in [0.4, 0.5) is 0 Å². The molecule has 136 valence electrons. The summed E-state index contributed by atoms with van der Waals surface area (Å²) in [6, 6.07) is 10.2. The minimum atomic E-state index is -0.406. The second-order valence-corrected chi connectivity index (χ2v) is 6.66. The molecule has 2 unspecified atom stereocenters. The second kappa shape index (κ2) is 5.96. The molecule has 3 heterocycles.